The third kappa shape index (κ3) is 6.13. The van der Waals surface area contributed by atoms with E-state index in [4.69, 9.17) is 10.8 Å². The minimum atomic E-state index is -1.11. The highest BCUT2D eigenvalue weighted by Gasteiger charge is 2.15. The molecule has 2 heterocycles. The lowest BCUT2D eigenvalue weighted by Gasteiger charge is -2.19. The second kappa shape index (κ2) is 11.5. The number of carboxylic acids is 1. The number of benzene rings is 1. The van der Waals surface area contributed by atoms with Gasteiger partial charge in [-0.05, 0) is 49.3 Å². The van der Waals surface area contributed by atoms with Gasteiger partial charge >= 0.3 is 5.97 Å². The number of nitrogens with two attached hydrogens (primary N) is 1. The molecule has 1 atom stereocenters. The van der Waals surface area contributed by atoms with Gasteiger partial charge in [0.15, 0.2) is 5.69 Å². The van der Waals surface area contributed by atoms with E-state index in [0.29, 0.717) is 24.7 Å². The first-order chi connectivity index (χ1) is 16.0. The molecule has 1 unspecified atom stereocenters. The van der Waals surface area contributed by atoms with Crippen molar-refractivity contribution in [3.05, 3.63) is 64.9 Å². The van der Waals surface area contributed by atoms with Crippen molar-refractivity contribution in [3.8, 4) is 5.82 Å². The molecule has 0 aliphatic heterocycles. The zero-order valence-electron chi connectivity index (χ0n) is 18.6. The topological polar surface area (TPSA) is 159 Å². The monoisotopic (exact) mass is 454 g/mol. The predicted octanol–water partition coefficient (Wildman–Crippen LogP) is 1.81. The zero-order valence-corrected chi connectivity index (χ0v) is 18.6. The highest BCUT2D eigenvalue weighted by atomic mass is 16.4. The molecule has 0 bridgehead atoms. The lowest BCUT2D eigenvalue weighted by atomic mass is 9.96. The molecule has 0 aliphatic rings. The molecule has 0 saturated carbocycles. The summed E-state index contributed by atoms with van der Waals surface area (Å²) in [6.07, 6.45) is 7.37. The largest absolute Gasteiger partial charge is 0.476 e. The SMILES string of the molecule is Cc1cnc(NC(CCO)CCCc2cccc(CN)c2CO)nc1-n1cnc(C(=O)O)c1. The van der Waals surface area contributed by atoms with Gasteiger partial charge in [-0.1, -0.05) is 18.2 Å². The third-order valence-electron chi connectivity index (χ3n) is 5.55. The van der Waals surface area contributed by atoms with E-state index >= 15 is 0 Å². The fourth-order valence-corrected chi connectivity index (χ4v) is 3.80. The van der Waals surface area contributed by atoms with E-state index < -0.39 is 5.97 Å². The molecule has 176 valence electrons. The number of rotatable bonds is 12. The van der Waals surface area contributed by atoms with Crippen LogP contribution in [0.4, 0.5) is 5.95 Å². The Morgan fingerprint density at radius 3 is 2.67 bits per heavy atom. The maximum absolute atomic E-state index is 11.1. The van der Waals surface area contributed by atoms with Crippen molar-refractivity contribution in [1.82, 2.24) is 19.5 Å². The smallest absolute Gasteiger partial charge is 0.356 e. The first kappa shape index (κ1) is 24.3. The number of hydrogen-bond donors (Lipinski definition) is 5. The molecule has 2 aromatic heterocycles. The molecule has 0 radical (unpaired) electrons. The van der Waals surface area contributed by atoms with E-state index in [9.17, 15) is 15.0 Å². The van der Waals surface area contributed by atoms with E-state index in [0.717, 1.165) is 41.5 Å². The highest BCUT2D eigenvalue weighted by molar-refractivity contribution is 5.85. The van der Waals surface area contributed by atoms with Crippen LogP contribution in [0.2, 0.25) is 0 Å². The first-order valence-electron chi connectivity index (χ1n) is 10.9. The second-order valence-electron chi connectivity index (χ2n) is 7.83. The van der Waals surface area contributed by atoms with Gasteiger partial charge < -0.3 is 26.4 Å². The number of carbonyl (C=O) groups is 1. The molecule has 3 rings (SSSR count). The van der Waals surface area contributed by atoms with Crippen LogP contribution in [-0.2, 0) is 19.6 Å². The van der Waals surface area contributed by atoms with Crippen molar-refractivity contribution in [1.29, 1.82) is 0 Å². The van der Waals surface area contributed by atoms with Crippen molar-refractivity contribution in [2.75, 3.05) is 11.9 Å². The number of aliphatic hydroxyl groups excluding tert-OH is 2. The Morgan fingerprint density at radius 1 is 1.21 bits per heavy atom. The number of hydrogen-bond acceptors (Lipinski definition) is 8. The van der Waals surface area contributed by atoms with Gasteiger partial charge in [0.25, 0.3) is 0 Å². The number of aryl methyl sites for hydroxylation is 2. The number of aliphatic hydroxyl groups is 2. The highest BCUT2D eigenvalue weighted by Crippen LogP contribution is 2.20. The molecular formula is C23H30N6O4. The van der Waals surface area contributed by atoms with Crippen molar-refractivity contribution in [2.24, 2.45) is 5.73 Å². The lowest BCUT2D eigenvalue weighted by molar-refractivity contribution is 0.0691. The summed E-state index contributed by atoms with van der Waals surface area (Å²) in [4.78, 5) is 23.9. The quantitative estimate of drug-likeness (QED) is 0.275. The molecule has 10 heteroatoms. The van der Waals surface area contributed by atoms with Crippen LogP contribution in [0.1, 0.15) is 52.0 Å². The van der Waals surface area contributed by atoms with Gasteiger partial charge in [0, 0.05) is 37.2 Å². The predicted molar refractivity (Wildman–Crippen MR) is 123 cm³/mol. The van der Waals surface area contributed by atoms with Crippen LogP contribution >= 0.6 is 0 Å². The van der Waals surface area contributed by atoms with Crippen LogP contribution in [0.15, 0.2) is 36.9 Å². The van der Waals surface area contributed by atoms with E-state index in [-0.39, 0.29) is 24.9 Å². The molecule has 10 nitrogen and oxygen atoms in total. The molecule has 33 heavy (non-hydrogen) atoms. The number of aromatic nitrogens is 4. The number of anilines is 1. The Labute approximate surface area is 192 Å². The molecule has 1 aromatic carbocycles. The number of imidazole rings is 1. The first-order valence-corrected chi connectivity index (χ1v) is 10.9. The summed E-state index contributed by atoms with van der Waals surface area (Å²) in [6.45, 7) is 2.19. The summed E-state index contributed by atoms with van der Waals surface area (Å²) in [5.41, 5.74) is 9.40. The summed E-state index contributed by atoms with van der Waals surface area (Å²) in [6, 6.07) is 5.83. The van der Waals surface area contributed by atoms with Crippen molar-refractivity contribution in [3.63, 3.8) is 0 Å². The van der Waals surface area contributed by atoms with Gasteiger partial charge in [-0.25, -0.2) is 14.8 Å². The zero-order chi connectivity index (χ0) is 23.8. The molecule has 0 fully saturated rings. The summed E-state index contributed by atoms with van der Waals surface area (Å²) in [5.74, 6) is -0.189. The second-order valence-corrected chi connectivity index (χ2v) is 7.83. The van der Waals surface area contributed by atoms with Gasteiger partial charge in [0.05, 0.1) is 6.61 Å². The van der Waals surface area contributed by atoms with Crippen molar-refractivity contribution in [2.45, 2.75) is 51.8 Å². The van der Waals surface area contributed by atoms with Crippen LogP contribution in [0.5, 0.6) is 0 Å². The molecule has 3 aromatic rings. The Morgan fingerprint density at radius 2 is 2.00 bits per heavy atom. The molecule has 0 saturated heterocycles. The van der Waals surface area contributed by atoms with Crippen LogP contribution in [0.3, 0.4) is 0 Å². The Hall–Kier alpha value is -3.34. The van der Waals surface area contributed by atoms with Crippen molar-refractivity contribution < 1.29 is 20.1 Å². The Bertz CT molecular complexity index is 1080. The summed E-state index contributed by atoms with van der Waals surface area (Å²) in [7, 11) is 0. The van der Waals surface area contributed by atoms with Crippen LogP contribution in [0.25, 0.3) is 5.82 Å². The van der Waals surface area contributed by atoms with Crippen LogP contribution in [-0.4, -0.2) is 53.5 Å². The average molecular weight is 455 g/mol. The van der Waals surface area contributed by atoms with E-state index in [1.54, 1.807) is 10.8 Å². The van der Waals surface area contributed by atoms with Gasteiger partial charge in [-0.15, -0.1) is 0 Å². The lowest BCUT2D eigenvalue weighted by Crippen LogP contribution is -2.23. The minimum Gasteiger partial charge on any atom is -0.476 e. The number of nitrogens with zero attached hydrogens (tertiary/aromatic N) is 4. The standard InChI is InChI=1S/C23H30N6O4/c1-15-11-25-23(28-21(15)29-12-20(22(32)33)26-14-29)27-18(8-9-30)7-3-5-16-4-2-6-17(10-24)19(16)13-31/h2,4,6,11-12,14,18,30-31H,3,5,7-10,13,24H2,1H3,(H,32,33)(H,25,27,28). The number of carboxylic acid groups (broad SMARTS) is 1. The van der Waals surface area contributed by atoms with Gasteiger partial charge in [0.2, 0.25) is 5.95 Å². The van der Waals surface area contributed by atoms with E-state index in [2.05, 4.69) is 20.3 Å². The molecule has 6 N–H and O–H groups in total. The fourth-order valence-electron chi connectivity index (χ4n) is 3.80. The third-order valence-corrected chi connectivity index (χ3v) is 5.55. The molecule has 0 aliphatic carbocycles. The van der Waals surface area contributed by atoms with Gasteiger partial charge in [-0.3, -0.25) is 4.57 Å². The van der Waals surface area contributed by atoms with E-state index in [1.165, 1.54) is 12.5 Å². The normalized spacial score (nSPS) is 12.0. The minimum absolute atomic E-state index is 0.0183. The number of nitrogens with one attached hydrogen (secondary N) is 1. The Balaban J connectivity index is 1.69. The van der Waals surface area contributed by atoms with Crippen LogP contribution < -0.4 is 11.1 Å². The van der Waals surface area contributed by atoms with E-state index in [1.807, 2.05) is 25.1 Å². The molecule has 0 amide bonds. The fraction of sp³-hybridized carbons (Fsp3) is 0.391. The maximum atomic E-state index is 11.1. The summed E-state index contributed by atoms with van der Waals surface area (Å²) < 4.78 is 1.55. The number of aromatic carboxylic acids is 1. The van der Waals surface area contributed by atoms with Gasteiger partial charge in [-0.2, -0.15) is 4.98 Å². The van der Waals surface area contributed by atoms with Gasteiger partial charge in [0.1, 0.15) is 12.1 Å². The Kier molecular flexibility index (Phi) is 8.47. The van der Waals surface area contributed by atoms with Crippen LogP contribution in [0, 0.1) is 6.92 Å². The molecule has 0 spiro atoms. The summed E-state index contributed by atoms with van der Waals surface area (Å²) >= 11 is 0. The molecular weight excluding hydrogens is 424 g/mol. The van der Waals surface area contributed by atoms with Crippen molar-refractivity contribution >= 4 is 11.9 Å². The summed E-state index contributed by atoms with van der Waals surface area (Å²) in [5, 5.41) is 31.6. The average Bonchev–Trinajstić information content (AvgIpc) is 3.30. The maximum Gasteiger partial charge on any atom is 0.356 e.